The van der Waals surface area contributed by atoms with E-state index in [0.717, 1.165) is 25.7 Å². The molecule has 1 atom stereocenters. The zero-order valence-corrected chi connectivity index (χ0v) is 19.6. The molecule has 5 rings (SSSR count). The smallest absolute Gasteiger partial charge is 0.294 e. The summed E-state index contributed by atoms with van der Waals surface area (Å²) in [5.41, 5.74) is 1.11. The van der Waals surface area contributed by atoms with Crippen molar-refractivity contribution in [2.24, 2.45) is 0 Å². The van der Waals surface area contributed by atoms with Crippen LogP contribution in [-0.2, 0) is 4.79 Å². The fourth-order valence-corrected chi connectivity index (χ4v) is 4.66. The molecule has 1 N–H and O–H groups in total. The molecule has 2 aromatic carbocycles. The number of furan rings is 1. The lowest BCUT2D eigenvalue weighted by molar-refractivity contribution is -0.123. The Morgan fingerprint density at radius 2 is 1.80 bits per heavy atom. The number of fused-ring (bicyclic) bond motifs is 1. The summed E-state index contributed by atoms with van der Waals surface area (Å²) >= 11 is 0. The zero-order valence-electron chi connectivity index (χ0n) is 19.6. The highest BCUT2D eigenvalue weighted by atomic mass is 16.6. The van der Waals surface area contributed by atoms with Crippen molar-refractivity contribution in [3.8, 4) is 17.2 Å². The van der Waals surface area contributed by atoms with Crippen molar-refractivity contribution in [1.82, 2.24) is 5.32 Å². The molecule has 3 aromatic rings. The van der Waals surface area contributed by atoms with E-state index in [1.54, 1.807) is 49.6 Å². The average Bonchev–Trinajstić information content (AvgIpc) is 3.61. The van der Waals surface area contributed by atoms with Gasteiger partial charge in [0.2, 0.25) is 5.91 Å². The zero-order chi connectivity index (χ0) is 24.2. The summed E-state index contributed by atoms with van der Waals surface area (Å²) in [7, 11) is 1.57. The van der Waals surface area contributed by atoms with Crippen LogP contribution < -0.4 is 24.4 Å². The van der Waals surface area contributed by atoms with E-state index >= 15 is 0 Å². The van der Waals surface area contributed by atoms with Crippen molar-refractivity contribution < 1.29 is 28.2 Å². The van der Waals surface area contributed by atoms with Crippen molar-refractivity contribution in [3.05, 3.63) is 72.2 Å². The Labute approximate surface area is 203 Å². The average molecular weight is 477 g/mol. The summed E-state index contributed by atoms with van der Waals surface area (Å²) in [6, 6.07) is 14.8. The Balaban J connectivity index is 1.62. The second-order valence-electron chi connectivity index (χ2n) is 8.65. The summed E-state index contributed by atoms with van der Waals surface area (Å²) in [4.78, 5) is 29.1. The van der Waals surface area contributed by atoms with Crippen LogP contribution in [0.3, 0.4) is 0 Å². The van der Waals surface area contributed by atoms with E-state index in [0.29, 0.717) is 41.7 Å². The van der Waals surface area contributed by atoms with E-state index in [1.807, 2.05) is 12.1 Å². The first-order chi connectivity index (χ1) is 17.1. The summed E-state index contributed by atoms with van der Waals surface area (Å²) in [6.07, 6.45) is 5.44. The number of hydrogen-bond acceptors (Lipinski definition) is 6. The standard InChI is InChI=1S/C27H28N2O6/c1-32-21-9-4-6-18(16-21)25(26(30)28-19-7-2-3-8-19)29(27(31)23-10-5-13-33-23)20-11-12-22-24(17-20)35-15-14-34-22/h4-6,9-13,16-17,19,25H,2-3,7-8,14-15H2,1H3,(H,28,30)/t25-/m1/s1. The summed E-state index contributed by atoms with van der Waals surface area (Å²) in [6.45, 7) is 0.863. The SMILES string of the molecule is COc1cccc([C@H](C(=O)NC2CCCC2)N(C(=O)c2ccco2)c2ccc3c(c2)OCCO3)c1. The van der Waals surface area contributed by atoms with Crippen LogP contribution >= 0.6 is 0 Å². The fourth-order valence-electron chi connectivity index (χ4n) is 4.66. The molecule has 182 valence electrons. The van der Waals surface area contributed by atoms with E-state index in [-0.39, 0.29) is 17.7 Å². The number of hydrogen-bond donors (Lipinski definition) is 1. The molecule has 1 fully saturated rings. The predicted molar refractivity (Wildman–Crippen MR) is 129 cm³/mol. The third-order valence-corrected chi connectivity index (χ3v) is 6.37. The lowest BCUT2D eigenvalue weighted by Crippen LogP contribution is -2.46. The second-order valence-corrected chi connectivity index (χ2v) is 8.65. The summed E-state index contributed by atoms with van der Waals surface area (Å²) < 4.78 is 22.3. The Bertz CT molecular complexity index is 1190. The van der Waals surface area contributed by atoms with Gasteiger partial charge >= 0.3 is 0 Å². The highest BCUT2D eigenvalue weighted by Gasteiger charge is 2.36. The summed E-state index contributed by atoms with van der Waals surface area (Å²) in [5.74, 6) is 1.13. The van der Waals surface area contributed by atoms with Crippen molar-refractivity contribution in [1.29, 1.82) is 0 Å². The van der Waals surface area contributed by atoms with Gasteiger partial charge in [-0.05, 0) is 54.8 Å². The molecule has 1 aliphatic heterocycles. The van der Waals surface area contributed by atoms with Gasteiger partial charge in [0.15, 0.2) is 17.3 Å². The Hall–Kier alpha value is -3.94. The van der Waals surface area contributed by atoms with Crippen molar-refractivity contribution in [3.63, 3.8) is 0 Å². The molecule has 0 radical (unpaired) electrons. The number of ether oxygens (including phenoxy) is 3. The van der Waals surface area contributed by atoms with Gasteiger partial charge in [-0.25, -0.2) is 0 Å². The molecule has 0 unspecified atom stereocenters. The highest BCUT2D eigenvalue weighted by molar-refractivity contribution is 6.08. The quantitative estimate of drug-likeness (QED) is 0.540. The second kappa shape index (κ2) is 10.1. The Morgan fingerprint density at radius 3 is 2.54 bits per heavy atom. The van der Waals surface area contributed by atoms with Gasteiger partial charge < -0.3 is 23.9 Å². The van der Waals surface area contributed by atoms with Crippen molar-refractivity contribution in [2.45, 2.75) is 37.8 Å². The number of amides is 2. The Kier molecular flexibility index (Phi) is 6.61. The Morgan fingerprint density at radius 1 is 1.00 bits per heavy atom. The topological polar surface area (TPSA) is 90.2 Å². The van der Waals surface area contributed by atoms with E-state index in [1.165, 1.54) is 11.2 Å². The van der Waals surface area contributed by atoms with Crippen LogP contribution in [0.15, 0.2) is 65.3 Å². The minimum atomic E-state index is -0.967. The summed E-state index contributed by atoms with van der Waals surface area (Å²) in [5, 5.41) is 3.17. The van der Waals surface area contributed by atoms with E-state index < -0.39 is 11.9 Å². The number of rotatable bonds is 7. The minimum Gasteiger partial charge on any atom is -0.497 e. The van der Waals surface area contributed by atoms with Crippen LogP contribution in [0.25, 0.3) is 0 Å². The first kappa shape index (κ1) is 22.8. The molecule has 0 spiro atoms. The van der Waals surface area contributed by atoms with E-state index in [2.05, 4.69) is 5.32 Å². The largest absolute Gasteiger partial charge is 0.497 e. The maximum absolute atomic E-state index is 13.8. The van der Waals surface area contributed by atoms with Gasteiger partial charge in [-0.1, -0.05) is 25.0 Å². The molecular formula is C27H28N2O6. The van der Waals surface area contributed by atoms with Gasteiger partial charge in [-0.15, -0.1) is 0 Å². The van der Waals surface area contributed by atoms with Gasteiger partial charge in [0.1, 0.15) is 25.0 Å². The van der Waals surface area contributed by atoms with E-state index in [9.17, 15) is 9.59 Å². The van der Waals surface area contributed by atoms with Gasteiger partial charge in [0.05, 0.1) is 13.4 Å². The lowest BCUT2D eigenvalue weighted by Gasteiger charge is -2.32. The van der Waals surface area contributed by atoms with Crippen LogP contribution in [0.4, 0.5) is 5.69 Å². The molecule has 8 heteroatoms. The molecule has 0 bridgehead atoms. The van der Waals surface area contributed by atoms with Gasteiger partial charge in [-0.2, -0.15) is 0 Å². The molecule has 1 saturated carbocycles. The minimum absolute atomic E-state index is 0.0800. The monoisotopic (exact) mass is 476 g/mol. The first-order valence-electron chi connectivity index (χ1n) is 11.8. The number of nitrogens with zero attached hydrogens (tertiary/aromatic N) is 1. The molecule has 2 aliphatic rings. The first-order valence-corrected chi connectivity index (χ1v) is 11.8. The lowest BCUT2D eigenvalue weighted by atomic mass is 10.0. The maximum atomic E-state index is 13.8. The normalized spacial score (nSPS) is 15.9. The van der Waals surface area contributed by atoms with Crippen LogP contribution in [-0.4, -0.2) is 38.2 Å². The maximum Gasteiger partial charge on any atom is 0.294 e. The number of carbonyl (C=O) groups excluding carboxylic acids is 2. The number of carbonyl (C=O) groups is 2. The number of nitrogens with one attached hydrogen (secondary N) is 1. The highest BCUT2D eigenvalue weighted by Crippen LogP contribution is 2.38. The van der Waals surface area contributed by atoms with Crippen LogP contribution in [0.5, 0.6) is 17.2 Å². The van der Waals surface area contributed by atoms with Crippen LogP contribution in [0, 0.1) is 0 Å². The van der Waals surface area contributed by atoms with Crippen LogP contribution in [0.1, 0.15) is 47.8 Å². The molecule has 0 saturated heterocycles. The fraction of sp³-hybridized carbons (Fsp3) is 0.333. The molecule has 1 aliphatic carbocycles. The number of methoxy groups -OCH3 is 1. The van der Waals surface area contributed by atoms with Gasteiger partial charge in [0.25, 0.3) is 5.91 Å². The predicted octanol–water partition coefficient (Wildman–Crippen LogP) is 4.51. The third kappa shape index (κ3) is 4.82. The molecule has 8 nitrogen and oxygen atoms in total. The van der Waals surface area contributed by atoms with Crippen molar-refractivity contribution >= 4 is 17.5 Å². The number of benzene rings is 2. The van der Waals surface area contributed by atoms with Gasteiger partial charge in [0, 0.05) is 17.8 Å². The van der Waals surface area contributed by atoms with Crippen LogP contribution in [0.2, 0.25) is 0 Å². The van der Waals surface area contributed by atoms with Crippen molar-refractivity contribution in [2.75, 3.05) is 25.2 Å². The molecule has 2 heterocycles. The van der Waals surface area contributed by atoms with E-state index in [4.69, 9.17) is 18.6 Å². The molecule has 1 aromatic heterocycles. The molecular weight excluding hydrogens is 448 g/mol. The molecule has 2 amide bonds. The third-order valence-electron chi connectivity index (χ3n) is 6.37. The molecule has 35 heavy (non-hydrogen) atoms. The number of anilines is 1. The van der Waals surface area contributed by atoms with Gasteiger partial charge in [-0.3, -0.25) is 14.5 Å².